The van der Waals surface area contributed by atoms with Gasteiger partial charge in [-0.15, -0.1) is 0 Å². The smallest absolute Gasteiger partial charge is 0.428 e. The van der Waals surface area contributed by atoms with E-state index < -0.39 is 119 Å². The van der Waals surface area contributed by atoms with Gasteiger partial charge >= 0.3 is 37.4 Å². The lowest BCUT2D eigenvalue weighted by atomic mass is 9.77. The molecule has 8 nitrogen and oxygen atoms in total. The fourth-order valence-electron chi connectivity index (χ4n) is 9.63. The van der Waals surface area contributed by atoms with E-state index in [4.69, 9.17) is 5.73 Å². The third-order valence-corrected chi connectivity index (χ3v) is 14.3. The van der Waals surface area contributed by atoms with Crippen molar-refractivity contribution in [3.8, 4) is 11.5 Å². The molecule has 1 fully saturated rings. The Labute approximate surface area is 509 Å². The van der Waals surface area contributed by atoms with E-state index in [1.54, 1.807) is 66.7 Å². The van der Waals surface area contributed by atoms with Gasteiger partial charge in [0.05, 0.1) is 17.7 Å². The Morgan fingerprint density at radius 3 is 1.25 bits per heavy atom. The highest BCUT2D eigenvalue weighted by Crippen LogP contribution is 2.47. The van der Waals surface area contributed by atoms with E-state index in [-0.39, 0.29) is 49.1 Å². The van der Waals surface area contributed by atoms with Crippen molar-refractivity contribution in [3.05, 3.63) is 274 Å². The van der Waals surface area contributed by atoms with Crippen LogP contribution in [-0.4, -0.2) is 78.1 Å². The molecule has 0 radical (unpaired) electrons. The number of ether oxygens (including phenoxy) is 3. The molecule has 8 aromatic rings. The molecule has 0 amide bonds. The molecule has 0 spiro atoms. The molecule has 4 unspecified atom stereocenters. The van der Waals surface area contributed by atoms with E-state index in [1.165, 1.54) is 66.7 Å². The van der Waals surface area contributed by atoms with Gasteiger partial charge in [0, 0.05) is 18.7 Å². The van der Waals surface area contributed by atoms with Gasteiger partial charge in [-0.2, -0.15) is 61.5 Å². The van der Waals surface area contributed by atoms with Crippen molar-refractivity contribution in [2.24, 2.45) is 5.73 Å². The number of hydrogen-bond donors (Lipinski definition) is 5. The lowest BCUT2D eigenvalue weighted by Crippen LogP contribution is -2.58. The maximum absolute atomic E-state index is 15.0. The molecule has 1 saturated heterocycles. The molecule has 6 N–H and O–H groups in total. The molecule has 1 aliphatic rings. The van der Waals surface area contributed by atoms with Crippen LogP contribution in [0, 0.1) is 23.3 Å². The van der Waals surface area contributed by atoms with Crippen LogP contribution in [0.3, 0.4) is 0 Å². The van der Waals surface area contributed by atoms with Gasteiger partial charge in [0.1, 0.15) is 47.0 Å². The maximum Gasteiger partial charge on any atom is 0.461 e. The average molecular weight is 1300 g/mol. The fourth-order valence-corrected chi connectivity index (χ4v) is 9.63. The molecule has 91 heavy (non-hydrogen) atoms. The number of halogens is 18. The molecule has 8 aromatic carbocycles. The van der Waals surface area contributed by atoms with E-state index in [1.807, 2.05) is 0 Å². The summed E-state index contributed by atoms with van der Waals surface area (Å²) in [7, 11) is 0. The fraction of sp³-hybridized carbons (Fsp3) is 0.262. The second-order valence-electron chi connectivity index (χ2n) is 20.5. The lowest BCUT2D eigenvalue weighted by molar-refractivity contribution is -0.297. The molecular weight excluding hydrogens is 1250 g/mol. The minimum Gasteiger partial charge on any atom is -0.428 e. The molecule has 1 aliphatic heterocycles. The summed E-state index contributed by atoms with van der Waals surface area (Å²) in [5.41, 5.74) is -3.15. The highest BCUT2D eigenvalue weighted by Gasteiger charge is 2.64. The van der Waals surface area contributed by atoms with Gasteiger partial charge in [0.25, 0.3) is 0 Å². The second kappa shape index (κ2) is 29.0. The van der Waals surface area contributed by atoms with E-state index >= 15 is 0 Å². The van der Waals surface area contributed by atoms with Crippen molar-refractivity contribution in [1.29, 1.82) is 0 Å². The number of alkyl halides is 14. The van der Waals surface area contributed by atoms with Crippen molar-refractivity contribution in [2.75, 3.05) is 13.2 Å². The van der Waals surface area contributed by atoms with Crippen LogP contribution in [0.1, 0.15) is 51.9 Å². The van der Waals surface area contributed by atoms with Crippen LogP contribution in [0.15, 0.2) is 206 Å². The topological polar surface area (TPSA) is 130 Å². The molecule has 26 heteroatoms. The molecule has 1 heterocycles. The molecule has 488 valence electrons. The van der Waals surface area contributed by atoms with Crippen LogP contribution < -0.4 is 20.5 Å². The van der Waals surface area contributed by atoms with Crippen LogP contribution in [0.4, 0.5) is 79.0 Å². The Balaban J connectivity index is 0.000000244. The first-order chi connectivity index (χ1) is 42.1. The first-order valence-electron chi connectivity index (χ1n) is 26.6. The van der Waals surface area contributed by atoms with Gasteiger partial charge in [-0.25, -0.2) is 17.6 Å². The minimum absolute atomic E-state index is 0. The summed E-state index contributed by atoms with van der Waals surface area (Å²) in [6.45, 7) is -1.13. The molecule has 6 atom stereocenters. The molecule has 0 bridgehead atoms. The normalized spacial score (nSPS) is 16.4. The van der Waals surface area contributed by atoms with Crippen LogP contribution >= 0.6 is 0 Å². The van der Waals surface area contributed by atoms with Crippen molar-refractivity contribution in [2.45, 2.75) is 92.2 Å². The van der Waals surface area contributed by atoms with Crippen LogP contribution in [0.25, 0.3) is 0 Å². The van der Waals surface area contributed by atoms with Gasteiger partial charge in [0.2, 0.25) is 11.2 Å². The van der Waals surface area contributed by atoms with E-state index in [0.29, 0.717) is 23.3 Å². The van der Waals surface area contributed by atoms with Crippen molar-refractivity contribution in [3.63, 3.8) is 0 Å². The van der Waals surface area contributed by atoms with E-state index in [0.717, 1.165) is 66.2 Å². The monoisotopic (exact) mass is 1300 g/mol. The predicted molar refractivity (Wildman–Crippen MR) is 298 cm³/mol. The summed E-state index contributed by atoms with van der Waals surface area (Å²) in [6, 6.07) is 43.4. The highest BCUT2D eigenvalue weighted by molar-refractivity contribution is 5.46. The number of aliphatic hydroxyl groups excluding tert-OH is 1. The third kappa shape index (κ3) is 17.1. The number of rotatable bonds is 21. The maximum atomic E-state index is 15.0. The predicted octanol–water partition coefficient (Wildman–Crippen LogP) is 15.2. The Hall–Kier alpha value is -8.14. The molecular formula is C65H56F18N2O6. The summed E-state index contributed by atoms with van der Waals surface area (Å²) in [5, 5.41) is 34.3. The number of hydrogen-bond acceptors (Lipinski definition) is 8. The average Bonchev–Trinajstić information content (AvgIpc) is 1.76. The zero-order valence-corrected chi connectivity index (χ0v) is 46.2. The first kappa shape index (κ1) is 71.9. The minimum atomic E-state index is -5.41. The molecule has 0 aromatic heterocycles. The number of nitrogens with two attached hydrogens (primary N) is 1. The van der Waals surface area contributed by atoms with Crippen molar-refractivity contribution >= 4 is 0 Å². The summed E-state index contributed by atoms with van der Waals surface area (Å²) < 4.78 is 256. The summed E-state index contributed by atoms with van der Waals surface area (Å²) in [4.78, 5) is 0. The van der Waals surface area contributed by atoms with Gasteiger partial charge < -0.3 is 40.6 Å². The van der Waals surface area contributed by atoms with Crippen LogP contribution in [0.2, 0.25) is 0 Å². The second-order valence-corrected chi connectivity index (χ2v) is 20.5. The summed E-state index contributed by atoms with van der Waals surface area (Å²) >= 11 is 0. The number of epoxide rings is 1. The van der Waals surface area contributed by atoms with E-state index in [2.05, 4.69) is 19.5 Å². The quantitative estimate of drug-likeness (QED) is 0.0355. The Morgan fingerprint density at radius 1 is 0.462 bits per heavy atom. The largest absolute Gasteiger partial charge is 0.461 e. The highest BCUT2D eigenvalue weighted by atomic mass is 19.4. The van der Waals surface area contributed by atoms with Gasteiger partial charge in [-0.1, -0.05) is 153 Å². The zero-order valence-electron chi connectivity index (χ0n) is 46.2. The first-order valence-corrected chi connectivity index (χ1v) is 26.6. The van der Waals surface area contributed by atoms with Crippen LogP contribution in [0.5, 0.6) is 11.5 Å². The Bertz CT molecular complexity index is 3580. The number of nitrogens with one attached hydrogen (secondary N) is 1. The lowest BCUT2D eigenvalue weighted by Gasteiger charge is -2.41. The Kier molecular flexibility index (Phi) is 22.9. The third-order valence-electron chi connectivity index (χ3n) is 14.3. The number of aliphatic hydroxyl groups is 3. The van der Waals surface area contributed by atoms with Crippen LogP contribution in [-0.2, 0) is 39.9 Å². The van der Waals surface area contributed by atoms with E-state index in [9.17, 15) is 94.3 Å². The SMILES string of the molecule is C.N[C@](Cc1ccccc1)(c1ccc(F)cc1)c1cc(F)cc(OC(F)(F)C(F)F)c1.OC(CN[C@](Cc1ccccc1)(c1ccc(F)cc1)c1cc(F)cc(OC(F)(F)C(F)F)c1)C(O)(c1ccccc1)C(F)(F)F.OC(c1ccccc1)(C1CO1)C(F)(F)F. The standard InChI is InChI=1S/C32H26F9NO3.C22H17F6NO.C10H9F3O2.CH4/c33-24-13-11-21(12-14-24)29(18-20-7-3-1-4-8-20,23-15-25(34)17-26(16-23)45-31(37,38)28(35)36)42-19-27(43)30(44,32(39,40)41)22-9-5-2-6-10-22;23-17-8-6-15(7-9-17)21(29,13-14-4-2-1-3-5-14)16-10-18(24)12-19(11-16)30-22(27,28)20(25)26;11-10(12,13)9(14,8-6-15-8)7-4-2-1-3-5-7;/h1-17,27-28,42-44H,18-19H2;1-12,20H,13,29H2;1-5,8,14H,6H2;1H4/t27?,29-,30?;21-;;/m11../s1. The van der Waals surface area contributed by atoms with Crippen molar-refractivity contribution < 1.29 is 109 Å². The molecule has 0 aliphatic carbocycles. The Morgan fingerprint density at radius 2 is 0.846 bits per heavy atom. The van der Waals surface area contributed by atoms with Gasteiger partial charge in [0.15, 0.2) is 0 Å². The molecule has 0 saturated carbocycles. The zero-order chi connectivity index (χ0) is 66.1. The summed E-state index contributed by atoms with van der Waals surface area (Å²) in [5.74, 6) is -5.36. The van der Waals surface area contributed by atoms with Gasteiger partial charge in [-0.3, -0.25) is 0 Å². The van der Waals surface area contributed by atoms with Crippen molar-refractivity contribution in [1.82, 2.24) is 5.32 Å². The number of benzene rings is 8. The molecule has 9 rings (SSSR count). The summed E-state index contributed by atoms with van der Waals surface area (Å²) in [6.07, 6.45) is -32.4. The van der Waals surface area contributed by atoms with Gasteiger partial charge in [-0.05, 0) is 106 Å².